The maximum atomic E-state index is 12.5. The zero-order valence-corrected chi connectivity index (χ0v) is 13.3. The van der Waals surface area contributed by atoms with Crippen molar-refractivity contribution in [3.63, 3.8) is 0 Å². The van der Waals surface area contributed by atoms with E-state index in [2.05, 4.69) is 10.1 Å². The van der Waals surface area contributed by atoms with Crippen LogP contribution in [0, 0.1) is 0 Å². The zero-order chi connectivity index (χ0) is 18.4. The lowest BCUT2D eigenvalue weighted by atomic mass is 9.91. The Hall–Kier alpha value is -2.43. The highest BCUT2D eigenvalue weighted by molar-refractivity contribution is 5.82. The molecule has 3 heterocycles. The largest absolute Gasteiger partial charge is 0.471 e. The Morgan fingerprint density at radius 2 is 2.00 bits per heavy atom. The first-order valence-corrected chi connectivity index (χ1v) is 7.56. The van der Waals surface area contributed by atoms with Crippen molar-refractivity contribution in [2.24, 2.45) is 7.05 Å². The first kappa shape index (κ1) is 17.4. The molecule has 0 atom stereocenters. The fourth-order valence-corrected chi connectivity index (χ4v) is 2.96. The van der Waals surface area contributed by atoms with Gasteiger partial charge in [-0.25, -0.2) is 4.98 Å². The number of alkyl halides is 3. The number of fused-ring (bicyclic) bond motifs is 1. The number of rotatable bonds is 2. The van der Waals surface area contributed by atoms with Gasteiger partial charge in [0.1, 0.15) is 11.7 Å². The number of aromatic nitrogens is 4. The van der Waals surface area contributed by atoms with Crippen molar-refractivity contribution in [2.45, 2.75) is 31.2 Å². The minimum Gasteiger partial charge on any atom is -0.388 e. The monoisotopic (exact) mass is 359 g/mol. The predicted molar refractivity (Wildman–Crippen MR) is 79.6 cm³/mol. The van der Waals surface area contributed by atoms with E-state index in [4.69, 9.17) is 0 Å². The number of aryl methyl sites for hydroxylation is 1. The third-order valence-electron chi connectivity index (χ3n) is 4.41. The van der Waals surface area contributed by atoms with Gasteiger partial charge in [-0.2, -0.15) is 18.3 Å². The molecule has 0 aromatic carbocycles. The second kappa shape index (κ2) is 5.83. The molecule has 25 heavy (non-hydrogen) atoms. The Balaban J connectivity index is 1.75. The molecule has 1 N–H and O–H groups in total. The number of aliphatic hydroxyl groups is 1. The topological polar surface area (TPSA) is 93.2 Å². The van der Waals surface area contributed by atoms with Crippen LogP contribution in [0.5, 0.6) is 0 Å². The van der Waals surface area contributed by atoms with Crippen molar-refractivity contribution in [1.82, 2.24) is 24.2 Å². The lowest BCUT2D eigenvalue weighted by Crippen LogP contribution is -2.52. The molecule has 3 rings (SSSR count). The van der Waals surface area contributed by atoms with Crippen molar-refractivity contribution < 1.29 is 23.1 Å². The Labute approximate surface area is 139 Å². The Morgan fingerprint density at radius 1 is 1.36 bits per heavy atom. The van der Waals surface area contributed by atoms with Gasteiger partial charge < -0.3 is 10.0 Å². The smallest absolute Gasteiger partial charge is 0.388 e. The van der Waals surface area contributed by atoms with Gasteiger partial charge in [0, 0.05) is 20.1 Å². The molecule has 0 unspecified atom stereocenters. The zero-order valence-electron chi connectivity index (χ0n) is 13.3. The summed E-state index contributed by atoms with van der Waals surface area (Å²) < 4.78 is 40.0. The van der Waals surface area contributed by atoms with Crippen LogP contribution in [-0.2, 0) is 18.4 Å². The van der Waals surface area contributed by atoms with E-state index in [9.17, 15) is 27.9 Å². The fraction of sp³-hybridized carbons (Fsp3) is 0.571. The van der Waals surface area contributed by atoms with Crippen molar-refractivity contribution in [1.29, 1.82) is 0 Å². The molecule has 136 valence electrons. The minimum absolute atomic E-state index is 0.0632. The second-order valence-electron chi connectivity index (χ2n) is 6.20. The number of nitrogens with zero attached hydrogens (tertiary/aromatic N) is 5. The number of carbonyl (C=O) groups excluding carboxylic acids is 1. The number of amides is 1. The molecule has 0 bridgehead atoms. The van der Waals surface area contributed by atoms with Crippen molar-refractivity contribution in [2.75, 3.05) is 13.1 Å². The number of carbonyl (C=O) groups is 1. The maximum absolute atomic E-state index is 12.5. The minimum atomic E-state index is -4.93. The summed E-state index contributed by atoms with van der Waals surface area (Å²) in [5.74, 6) is -1.91. The molecule has 1 amide bonds. The molecule has 1 aliphatic rings. The maximum Gasteiger partial charge on any atom is 0.471 e. The molecule has 2 aromatic heterocycles. The van der Waals surface area contributed by atoms with Gasteiger partial charge in [-0.1, -0.05) is 0 Å². The molecule has 0 saturated carbocycles. The molecule has 1 aliphatic heterocycles. The second-order valence-corrected chi connectivity index (χ2v) is 6.20. The van der Waals surface area contributed by atoms with E-state index in [1.165, 1.54) is 21.8 Å². The van der Waals surface area contributed by atoms with E-state index in [-0.39, 0.29) is 38.0 Å². The molecule has 11 heteroatoms. The summed E-state index contributed by atoms with van der Waals surface area (Å²) in [6.07, 6.45) is -2.41. The quantitative estimate of drug-likeness (QED) is 0.818. The van der Waals surface area contributed by atoms with Gasteiger partial charge in [-0.15, -0.1) is 0 Å². The van der Waals surface area contributed by atoms with Crippen LogP contribution in [0.25, 0.3) is 11.0 Å². The van der Waals surface area contributed by atoms with Gasteiger partial charge in [-0.3, -0.25) is 18.8 Å². The molecule has 0 aliphatic carbocycles. The number of hydrogen-bond acceptors (Lipinski definition) is 5. The van der Waals surface area contributed by atoms with Crippen LogP contribution < -0.4 is 5.56 Å². The number of piperidine rings is 1. The molecular formula is C14H16F3N5O3. The van der Waals surface area contributed by atoms with Crippen molar-refractivity contribution >= 4 is 16.9 Å². The summed E-state index contributed by atoms with van der Waals surface area (Å²) in [4.78, 5) is 28.4. The van der Waals surface area contributed by atoms with Crippen LogP contribution in [0.4, 0.5) is 13.2 Å². The van der Waals surface area contributed by atoms with E-state index in [1.807, 2.05) is 0 Å². The molecule has 2 aromatic rings. The SMILES string of the molecule is Cn1ncc2c(=O)n(CC3(O)CCN(C(=O)C(F)(F)F)CC3)cnc21. The average molecular weight is 359 g/mol. The van der Waals surface area contributed by atoms with Crippen LogP contribution >= 0.6 is 0 Å². The van der Waals surface area contributed by atoms with Gasteiger partial charge >= 0.3 is 12.1 Å². The number of likely N-dealkylation sites (tertiary alicyclic amines) is 1. The Kier molecular flexibility index (Phi) is 4.06. The van der Waals surface area contributed by atoms with Gasteiger partial charge in [0.15, 0.2) is 5.65 Å². The summed E-state index contributed by atoms with van der Waals surface area (Å²) in [5, 5.41) is 14.8. The van der Waals surface area contributed by atoms with E-state index in [1.54, 1.807) is 7.05 Å². The normalized spacial score (nSPS) is 17.9. The summed E-state index contributed by atoms with van der Waals surface area (Å²) in [6, 6.07) is 0. The van der Waals surface area contributed by atoms with Gasteiger partial charge in [0.2, 0.25) is 0 Å². The first-order valence-electron chi connectivity index (χ1n) is 7.56. The van der Waals surface area contributed by atoms with Gasteiger partial charge in [0.05, 0.1) is 18.3 Å². The standard InChI is InChI=1S/C14H16F3N5O3/c1-20-10-9(6-19-20)11(23)22(8-18-10)7-13(25)2-4-21(5-3-13)12(24)14(15,16)17/h6,8,25H,2-5,7H2,1H3. The highest BCUT2D eigenvalue weighted by Crippen LogP contribution is 2.27. The third kappa shape index (κ3) is 3.23. The molecule has 1 fully saturated rings. The van der Waals surface area contributed by atoms with Crippen LogP contribution in [-0.4, -0.2) is 60.1 Å². The number of halogens is 3. The van der Waals surface area contributed by atoms with Crippen LogP contribution in [0.15, 0.2) is 17.3 Å². The van der Waals surface area contributed by atoms with Crippen LogP contribution in [0.2, 0.25) is 0 Å². The highest BCUT2D eigenvalue weighted by atomic mass is 19.4. The van der Waals surface area contributed by atoms with E-state index >= 15 is 0 Å². The van der Waals surface area contributed by atoms with Crippen molar-refractivity contribution in [3.05, 3.63) is 22.9 Å². The highest BCUT2D eigenvalue weighted by Gasteiger charge is 2.45. The third-order valence-corrected chi connectivity index (χ3v) is 4.41. The lowest BCUT2D eigenvalue weighted by Gasteiger charge is -2.38. The van der Waals surface area contributed by atoms with Gasteiger partial charge in [0.25, 0.3) is 5.56 Å². The summed E-state index contributed by atoms with van der Waals surface area (Å²) in [5.41, 5.74) is -1.37. The molecule has 1 saturated heterocycles. The Bertz CT molecular complexity index is 865. The average Bonchev–Trinajstić information content (AvgIpc) is 2.91. The first-order chi connectivity index (χ1) is 11.6. The fourth-order valence-electron chi connectivity index (χ4n) is 2.96. The van der Waals surface area contributed by atoms with E-state index in [0.717, 1.165) is 0 Å². The lowest BCUT2D eigenvalue weighted by molar-refractivity contribution is -0.188. The summed E-state index contributed by atoms with van der Waals surface area (Å²) >= 11 is 0. The Morgan fingerprint density at radius 3 is 2.60 bits per heavy atom. The van der Waals surface area contributed by atoms with Crippen LogP contribution in [0.1, 0.15) is 12.8 Å². The summed E-state index contributed by atoms with van der Waals surface area (Å²) in [7, 11) is 1.64. The van der Waals surface area contributed by atoms with E-state index in [0.29, 0.717) is 15.9 Å². The van der Waals surface area contributed by atoms with Crippen LogP contribution in [0.3, 0.4) is 0 Å². The molecule has 0 spiro atoms. The number of hydrogen-bond donors (Lipinski definition) is 1. The van der Waals surface area contributed by atoms with Gasteiger partial charge in [-0.05, 0) is 12.8 Å². The molecular weight excluding hydrogens is 343 g/mol. The molecule has 8 nitrogen and oxygen atoms in total. The summed E-state index contributed by atoms with van der Waals surface area (Å²) in [6.45, 7) is -0.573. The van der Waals surface area contributed by atoms with E-state index < -0.39 is 17.7 Å². The molecule has 0 radical (unpaired) electrons. The predicted octanol–water partition coefficient (Wildman–Crippen LogP) is 0.0458. The van der Waals surface area contributed by atoms with Crippen molar-refractivity contribution in [3.8, 4) is 0 Å².